The molecule has 8 nitrogen and oxygen atoms in total. The van der Waals surface area contributed by atoms with Crippen LogP contribution < -0.4 is 10.2 Å². The average molecular weight is 823 g/mol. The molecule has 334 valence electrons. The standard InChI is InChI=1S/C48H91N2O6P/c1-6-8-10-12-14-16-18-20-21-22-23-24-25-26-27-28-30-31-33-35-37-39-41-47(51)46(45-56-57(53,54)55-44-43-50(3,4)5)49-48(52)42-40-38-36-34-32-29-19-17-15-13-11-9-7-2/h26-27,29,31-33,39,41,46-47,51H,6-25,28,30,34-38,40,42-45H2,1-5H3,(H-,49,52,53,54)/b27-26+,32-29-,33-31+,41-39+. The molecular formula is C48H91N2O6P. The summed E-state index contributed by atoms with van der Waals surface area (Å²) in [5.74, 6) is -0.229. The number of nitrogens with one attached hydrogen (secondary N) is 1. The first-order valence-corrected chi connectivity index (χ1v) is 25.0. The van der Waals surface area contributed by atoms with Gasteiger partial charge in [-0.15, -0.1) is 0 Å². The van der Waals surface area contributed by atoms with Crippen molar-refractivity contribution in [1.29, 1.82) is 0 Å². The Kier molecular flexibility index (Phi) is 38.8. The molecule has 0 spiro atoms. The topological polar surface area (TPSA) is 108 Å². The fourth-order valence-electron chi connectivity index (χ4n) is 6.47. The Bertz CT molecular complexity index is 1070. The second kappa shape index (κ2) is 39.9. The Hall–Kier alpha value is -1.54. The van der Waals surface area contributed by atoms with Gasteiger partial charge in [0, 0.05) is 6.42 Å². The predicted molar refractivity (Wildman–Crippen MR) is 242 cm³/mol. The first-order chi connectivity index (χ1) is 27.5. The normalized spacial score (nSPS) is 14.7. The number of nitrogens with zero attached hydrogens (tertiary/aromatic N) is 1. The molecule has 0 rings (SSSR count). The second-order valence-electron chi connectivity index (χ2n) is 17.1. The van der Waals surface area contributed by atoms with E-state index in [2.05, 4.69) is 55.6 Å². The van der Waals surface area contributed by atoms with Crippen molar-refractivity contribution in [2.24, 2.45) is 0 Å². The molecule has 0 fully saturated rings. The summed E-state index contributed by atoms with van der Waals surface area (Å²) >= 11 is 0. The molecule has 0 radical (unpaired) electrons. The van der Waals surface area contributed by atoms with Crippen LogP contribution in [0.25, 0.3) is 0 Å². The molecule has 3 atom stereocenters. The highest BCUT2D eigenvalue weighted by Gasteiger charge is 2.23. The fraction of sp³-hybridized carbons (Fsp3) is 0.812. The minimum Gasteiger partial charge on any atom is -0.756 e. The summed E-state index contributed by atoms with van der Waals surface area (Å²) in [5.41, 5.74) is 0. The van der Waals surface area contributed by atoms with Gasteiger partial charge >= 0.3 is 0 Å². The number of aliphatic hydroxyl groups is 1. The number of phosphoric ester groups is 1. The molecule has 0 aliphatic rings. The zero-order valence-corrected chi connectivity index (χ0v) is 38.7. The van der Waals surface area contributed by atoms with E-state index in [-0.39, 0.29) is 12.5 Å². The lowest BCUT2D eigenvalue weighted by molar-refractivity contribution is -0.870. The van der Waals surface area contributed by atoms with E-state index >= 15 is 0 Å². The third kappa shape index (κ3) is 42.4. The minimum absolute atomic E-state index is 0.0126. The monoisotopic (exact) mass is 823 g/mol. The van der Waals surface area contributed by atoms with Gasteiger partial charge in [0.2, 0.25) is 5.91 Å². The Balaban J connectivity index is 4.46. The molecule has 0 aliphatic heterocycles. The lowest BCUT2D eigenvalue weighted by Crippen LogP contribution is -2.45. The number of unbranched alkanes of at least 4 members (excludes halogenated alkanes) is 23. The molecule has 2 N–H and O–H groups in total. The summed E-state index contributed by atoms with van der Waals surface area (Å²) in [4.78, 5) is 25.3. The molecule has 0 bridgehead atoms. The van der Waals surface area contributed by atoms with Crippen molar-refractivity contribution in [3.05, 3.63) is 48.6 Å². The third-order valence-corrected chi connectivity index (χ3v) is 11.2. The molecule has 0 aromatic heterocycles. The number of aliphatic hydroxyl groups excluding tert-OH is 1. The molecule has 9 heteroatoms. The predicted octanol–water partition coefficient (Wildman–Crippen LogP) is 12.6. The number of carbonyl (C=O) groups excluding carboxylic acids is 1. The Morgan fingerprint density at radius 1 is 0.596 bits per heavy atom. The number of phosphoric acid groups is 1. The van der Waals surface area contributed by atoms with E-state index < -0.39 is 26.6 Å². The molecule has 0 aromatic rings. The van der Waals surface area contributed by atoms with Gasteiger partial charge in [-0.1, -0.05) is 172 Å². The summed E-state index contributed by atoms with van der Waals surface area (Å²) in [5, 5.41) is 13.7. The number of amides is 1. The van der Waals surface area contributed by atoms with E-state index in [4.69, 9.17) is 9.05 Å². The van der Waals surface area contributed by atoms with Crippen LogP contribution in [-0.4, -0.2) is 68.5 Å². The van der Waals surface area contributed by atoms with Crippen LogP contribution >= 0.6 is 7.82 Å². The van der Waals surface area contributed by atoms with E-state index in [1.54, 1.807) is 6.08 Å². The maximum absolute atomic E-state index is 12.8. The van der Waals surface area contributed by atoms with E-state index in [1.807, 2.05) is 27.2 Å². The summed E-state index contributed by atoms with van der Waals surface area (Å²) < 4.78 is 23.2. The van der Waals surface area contributed by atoms with Gasteiger partial charge < -0.3 is 28.8 Å². The van der Waals surface area contributed by atoms with Gasteiger partial charge in [0.1, 0.15) is 13.2 Å². The van der Waals surface area contributed by atoms with Crippen LogP contribution in [0.1, 0.15) is 200 Å². The summed E-state index contributed by atoms with van der Waals surface area (Å²) in [6.45, 7) is 4.59. The highest BCUT2D eigenvalue weighted by atomic mass is 31.2. The Morgan fingerprint density at radius 3 is 1.42 bits per heavy atom. The van der Waals surface area contributed by atoms with Gasteiger partial charge in [-0.05, 0) is 70.6 Å². The van der Waals surface area contributed by atoms with Crippen LogP contribution in [0.5, 0.6) is 0 Å². The van der Waals surface area contributed by atoms with E-state index in [0.717, 1.165) is 57.8 Å². The average Bonchev–Trinajstić information content (AvgIpc) is 3.16. The summed E-state index contributed by atoms with van der Waals surface area (Å²) in [7, 11) is 1.22. The van der Waals surface area contributed by atoms with Crippen LogP contribution in [0, 0.1) is 0 Å². The molecule has 3 unspecified atom stereocenters. The highest BCUT2D eigenvalue weighted by molar-refractivity contribution is 7.45. The molecule has 0 saturated heterocycles. The molecule has 0 aromatic carbocycles. The molecule has 1 amide bonds. The van der Waals surface area contributed by atoms with Crippen LogP contribution in [0.15, 0.2) is 48.6 Å². The minimum atomic E-state index is -4.60. The number of rotatable bonds is 42. The lowest BCUT2D eigenvalue weighted by Gasteiger charge is -2.29. The van der Waals surface area contributed by atoms with Crippen molar-refractivity contribution in [2.45, 2.75) is 212 Å². The zero-order valence-electron chi connectivity index (χ0n) is 37.8. The molecule has 57 heavy (non-hydrogen) atoms. The molecule has 0 heterocycles. The van der Waals surface area contributed by atoms with Crippen molar-refractivity contribution in [1.82, 2.24) is 5.32 Å². The van der Waals surface area contributed by atoms with Gasteiger partial charge in [-0.2, -0.15) is 0 Å². The first kappa shape index (κ1) is 55.5. The SMILES string of the molecule is CCCCCCCC/C=C\CCCCCC(=O)NC(COP(=O)([O-])OCC[N+](C)(C)C)C(O)/C=C/CC/C=C/CC/C=C/CCCCCCCCCCCCCC. The zero-order chi connectivity index (χ0) is 42.1. The van der Waals surface area contributed by atoms with E-state index in [1.165, 1.54) is 122 Å². The number of likely N-dealkylation sites (N-methyl/N-ethyl adjacent to an activating group) is 1. The number of quaternary nitrogens is 1. The van der Waals surface area contributed by atoms with Crippen molar-refractivity contribution in [2.75, 3.05) is 40.9 Å². The van der Waals surface area contributed by atoms with Gasteiger partial charge in [0.05, 0.1) is 39.9 Å². The largest absolute Gasteiger partial charge is 0.756 e. The van der Waals surface area contributed by atoms with Gasteiger partial charge in [-0.3, -0.25) is 9.36 Å². The van der Waals surface area contributed by atoms with Gasteiger partial charge in [0.15, 0.2) is 0 Å². The van der Waals surface area contributed by atoms with E-state index in [9.17, 15) is 19.4 Å². The van der Waals surface area contributed by atoms with Crippen molar-refractivity contribution in [3.63, 3.8) is 0 Å². The third-order valence-electron chi connectivity index (χ3n) is 10.2. The molecular weight excluding hydrogens is 732 g/mol. The quantitative estimate of drug-likeness (QED) is 0.0275. The maximum atomic E-state index is 12.8. The van der Waals surface area contributed by atoms with Crippen LogP contribution in [0.4, 0.5) is 0 Å². The smallest absolute Gasteiger partial charge is 0.268 e. The number of hydrogen-bond donors (Lipinski definition) is 2. The number of hydrogen-bond acceptors (Lipinski definition) is 6. The first-order valence-electron chi connectivity index (χ1n) is 23.5. The number of carbonyl (C=O) groups is 1. The second-order valence-corrected chi connectivity index (χ2v) is 18.5. The van der Waals surface area contributed by atoms with Crippen LogP contribution in [0.3, 0.4) is 0 Å². The van der Waals surface area contributed by atoms with Crippen molar-refractivity contribution < 1.29 is 32.9 Å². The van der Waals surface area contributed by atoms with Crippen molar-refractivity contribution in [3.8, 4) is 0 Å². The van der Waals surface area contributed by atoms with Crippen molar-refractivity contribution >= 4 is 13.7 Å². The highest BCUT2D eigenvalue weighted by Crippen LogP contribution is 2.38. The fourth-order valence-corrected chi connectivity index (χ4v) is 7.19. The van der Waals surface area contributed by atoms with Gasteiger partial charge in [0.25, 0.3) is 7.82 Å². The molecule has 0 aliphatic carbocycles. The van der Waals surface area contributed by atoms with E-state index in [0.29, 0.717) is 17.4 Å². The number of allylic oxidation sites excluding steroid dienone is 7. The lowest BCUT2D eigenvalue weighted by atomic mass is 10.0. The van der Waals surface area contributed by atoms with Crippen LogP contribution in [0.2, 0.25) is 0 Å². The molecule has 0 saturated carbocycles. The summed E-state index contributed by atoms with van der Waals surface area (Å²) in [6.07, 6.45) is 50.3. The van der Waals surface area contributed by atoms with Gasteiger partial charge in [-0.25, -0.2) is 0 Å². The Labute approximate surface area is 352 Å². The van der Waals surface area contributed by atoms with Crippen LogP contribution in [-0.2, 0) is 18.4 Å². The Morgan fingerprint density at radius 2 is 0.982 bits per heavy atom. The summed E-state index contributed by atoms with van der Waals surface area (Å²) in [6, 6.07) is -0.917. The maximum Gasteiger partial charge on any atom is 0.268 e.